The molecule has 0 spiro atoms. The summed E-state index contributed by atoms with van der Waals surface area (Å²) in [6, 6.07) is 6.56. The maximum absolute atomic E-state index is 15.4. The van der Waals surface area contributed by atoms with E-state index in [1.807, 2.05) is 12.1 Å². The van der Waals surface area contributed by atoms with Crippen molar-refractivity contribution in [3.05, 3.63) is 95.8 Å². The summed E-state index contributed by atoms with van der Waals surface area (Å²) in [7, 11) is 0. The van der Waals surface area contributed by atoms with E-state index in [0.717, 1.165) is 35.9 Å². The van der Waals surface area contributed by atoms with Gasteiger partial charge >= 0.3 is 5.97 Å². The number of aromatic nitrogens is 1. The molecule has 2 aromatic carbocycles. The summed E-state index contributed by atoms with van der Waals surface area (Å²) in [6.07, 6.45) is 1.39. The smallest absolute Gasteiger partial charge is 0.303 e. The number of aliphatic carboxylic acids is 1. The molecule has 5 atom stereocenters. The molecule has 0 fully saturated rings. The van der Waals surface area contributed by atoms with Crippen LogP contribution in [0.2, 0.25) is 0 Å². The molecule has 2 heterocycles. The molecule has 75 heavy (non-hydrogen) atoms. The van der Waals surface area contributed by atoms with Gasteiger partial charge in [0.25, 0.3) is 11.8 Å². The molecule has 10 N–H and O–H groups in total. The second-order valence-corrected chi connectivity index (χ2v) is 18.6. The number of halogens is 2. The molecule has 1 aliphatic rings. The average molecular weight is 1050 g/mol. The maximum atomic E-state index is 15.4. The summed E-state index contributed by atoms with van der Waals surface area (Å²) in [4.78, 5) is 142. The molecule has 0 saturated heterocycles. The lowest BCUT2D eigenvalue weighted by Crippen LogP contribution is -2.58. The molecule has 1 aromatic heterocycles. The number of amides is 10. The normalized spacial score (nSPS) is 14.2. The molecule has 25 heteroatoms. The highest BCUT2D eigenvalue weighted by Gasteiger charge is 2.39. The number of primary amides is 1. The van der Waals surface area contributed by atoms with Crippen LogP contribution >= 0.6 is 0 Å². The van der Waals surface area contributed by atoms with Crippen LogP contribution in [-0.4, -0.2) is 147 Å². The Bertz CT molecular complexity index is 2650. The summed E-state index contributed by atoms with van der Waals surface area (Å²) in [5.74, 6) is -11.5. The van der Waals surface area contributed by atoms with Gasteiger partial charge in [0.1, 0.15) is 49.0 Å². The molecule has 0 aliphatic carbocycles. The predicted molar refractivity (Wildman–Crippen MR) is 263 cm³/mol. The Morgan fingerprint density at radius 2 is 1.36 bits per heavy atom. The second-order valence-electron chi connectivity index (χ2n) is 18.6. The van der Waals surface area contributed by atoms with Gasteiger partial charge in [-0.2, -0.15) is 0 Å². The van der Waals surface area contributed by atoms with Gasteiger partial charge in [-0.25, -0.2) is 8.78 Å². The second kappa shape index (κ2) is 27.1. The van der Waals surface area contributed by atoms with E-state index in [1.165, 1.54) is 18.7 Å². The largest absolute Gasteiger partial charge is 0.481 e. The zero-order valence-electron chi connectivity index (χ0n) is 41.9. The summed E-state index contributed by atoms with van der Waals surface area (Å²) in [5, 5.41) is 33.7. The van der Waals surface area contributed by atoms with E-state index in [4.69, 9.17) is 10.8 Å². The highest BCUT2D eigenvalue weighted by Crippen LogP contribution is 2.41. The third-order valence-corrected chi connectivity index (χ3v) is 11.6. The number of imide groups is 1. The molecule has 0 bridgehead atoms. The molecular weight excluding hydrogens is 987 g/mol. The van der Waals surface area contributed by atoms with Crippen molar-refractivity contribution in [3.8, 4) is 11.1 Å². The van der Waals surface area contributed by atoms with E-state index in [9.17, 15) is 62.2 Å². The molecule has 404 valence electrons. The number of nitrogens with one attached hydrogen (secondary N) is 6. The number of aliphatic hydroxyl groups is 1. The van der Waals surface area contributed by atoms with Crippen LogP contribution in [-0.2, 0) is 59.3 Å². The van der Waals surface area contributed by atoms with Gasteiger partial charge in [-0.3, -0.25) is 57.6 Å². The van der Waals surface area contributed by atoms with E-state index < -0.39 is 158 Å². The molecule has 0 saturated carbocycles. The van der Waals surface area contributed by atoms with Crippen LogP contribution in [0.1, 0.15) is 77.6 Å². The lowest BCUT2D eigenvalue weighted by atomic mass is 9.82. The lowest BCUT2D eigenvalue weighted by Gasteiger charge is -2.41. The molecule has 3 aromatic rings. The highest BCUT2D eigenvalue weighted by atomic mass is 19.1. The fraction of sp³-hybridized carbons (Fsp3) is 0.420. The Morgan fingerprint density at radius 1 is 0.747 bits per heavy atom. The van der Waals surface area contributed by atoms with Crippen LogP contribution in [0.3, 0.4) is 0 Å². The van der Waals surface area contributed by atoms with Crippen molar-refractivity contribution in [2.24, 2.45) is 11.1 Å². The van der Waals surface area contributed by atoms with Crippen LogP contribution in [0.25, 0.3) is 11.1 Å². The molecule has 0 unspecified atom stereocenters. The Kier molecular flexibility index (Phi) is 21.4. The minimum atomic E-state index is -1.79. The molecule has 10 amide bonds. The van der Waals surface area contributed by atoms with Crippen LogP contribution in [0.15, 0.2) is 72.9 Å². The SMILES string of the molecule is C[C@H](NC(=O)CCC(=O)O)C(=O)N[C@@H](C)C(=O)N[C@@H](CC(N)=O)C(=O)N[C@@H](CCN(C(=O)CO)[C@@H](c1cc(-c2cc(F)ccc2F)cn1Cc1ccccc1)C(C)(C)C)C(=O)NCCNC(=O)CN1C(=O)C=CC1=O. The fourth-order valence-electron chi connectivity index (χ4n) is 7.92. The molecular formula is C50H62F2N10O13. The van der Waals surface area contributed by atoms with Gasteiger partial charge in [0, 0.05) is 67.8 Å². The third kappa shape index (κ3) is 17.7. The number of carboxylic acid groups (broad SMARTS) is 1. The number of rotatable bonds is 27. The first-order valence-corrected chi connectivity index (χ1v) is 23.7. The van der Waals surface area contributed by atoms with Crippen LogP contribution in [0.5, 0.6) is 0 Å². The Labute approximate surface area is 430 Å². The van der Waals surface area contributed by atoms with E-state index in [-0.39, 0.29) is 30.8 Å². The van der Waals surface area contributed by atoms with E-state index in [2.05, 4.69) is 31.9 Å². The number of carboxylic acids is 1. The quantitative estimate of drug-likeness (QED) is 0.0349. The van der Waals surface area contributed by atoms with Crippen molar-refractivity contribution in [1.29, 1.82) is 0 Å². The zero-order valence-corrected chi connectivity index (χ0v) is 41.9. The number of hydrogen-bond acceptors (Lipinski definition) is 12. The Morgan fingerprint density at radius 3 is 1.97 bits per heavy atom. The van der Waals surface area contributed by atoms with Crippen molar-refractivity contribution in [2.45, 2.75) is 97.1 Å². The average Bonchev–Trinajstić information content (AvgIpc) is 3.89. The highest BCUT2D eigenvalue weighted by molar-refractivity contribution is 6.14. The number of carbonyl (C=O) groups excluding carboxylic acids is 10. The van der Waals surface area contributed by atoms with E-state index >= 15 is 4.39 Å². The summed E-state index contributed by atoms with van der Waals surface area (Å²) in [5.41, 5.74) is 5.92. The first-order valence-electron chi connectivity index (χ1n) is 23.7. The standard InChI is InChI=1S/C50H62F2N10O13/c1-28(56-39(65)13-16-44(70)71)46(72)57-29(2)47(73)59-36(23-38(53)64)49(75)58-35(48(74)55-19-18-54-40(66)26-62-41(67)14-15-42(62)68)17-20-61(43(69)27-63)45(50(3,4)5)37-21-31(33-22-32(51)11-12-34(33)52)25-60(37)24-30-9-7-6-8-10-30/h6-12,14-15,21-22,25,28-29,35-36,45,63H,13,16-20,23-24,26-27H2,1-5H3,(H2,53,64)(H,54,66)(H,55,74)(H,56,65)(H,57,72)(H,58,75)(H,59,73)(H,70,71)/t28-,29-,35-,36-,45-/m0/s1. The van der Waals surface area contributed by atoms with Crippen molar-refractivity contribution >= 4 is 65.0 Å². The number of benzene rings is 2. The maximum Gasteiger partial charge on any atom is 0.303 e. The third-order valence-electron chi connectivity index (χ3n) is 11.6. The van der Waals surface area contributed by atoms with Gasteiger partial charge in [-0.1, -0.05) is 51.1 Å². The van der Waals surface area contributed by atoms with Gasteiger partial charge in [-0.05, 0) is 55.5 Å². The number of hydrogen-bond donors (Lipinski definition) is 9. The summed E-state index contributed by atoms with van der Waals surface area (Å²) >= 11 is 0. The van der Waals surface area contributed by atoms with E-state index in [0.29, 0.717) is 10.6 Å². The predicted octanol–water partition coefficient (Wildman–Crippen LogP) is -0.344. The first-order chi connectivity index (χ1) is 35.3. The lowest BCUT2D eigenvalue weighted by molar-refractivity contribution is -0.141. The molecule has 4 rings (SSSR count). The number of nitrogens with zero attached hydrogens (tertiary/aromatic N) is 3. The minimum absolute atomic E-state index is 0.0798. The van der Waals surface area contributed by atoms with Gasteiger partial charge in [0.05, 0.1) is 18.9 Å². The molecule has 23 nitrogen and oxygen atoms in total. The van der Waals surface area contributed by atoms with Crippen molar-refractivity contribution in [1.82, 2.24) is 46.3 Å². The van der Waals surface area contributed by atoms with Gasteiger partial charge < -0.3 is 57.3 Å². The number of nitrogens with two attached hydrogens (primary N) is 1. The minimum Gasteiger partial charge on any atom is -0.481 e. The van der Waals surface area contributed by atoms with Crippen LogP contribution in [0.4, 0.5) is 8.78 Å². The Hall–Kier alpha value is -8.35. The number of aliphatic hydroxyl groups excluding tert-OH is 1. The summed E-state index contributed by atoms with van der Waals surface area (Å²) in [6.45, 7) is 5.40. The zero-order chi connectivity index (χ0) is 55.7. The van der Waals surface area contributed by atoms with Crippen molar-refractivity contribution < 1.29 is 71.7 Å². The fourth-order valence-corrected chi connectivity index (χ4v) is 7.92. The topological polar surface area (TPSA) is 338 Å². The van der Waals surface area contributed by atoms with Gasteiger partial charge in [-0.15, -0.1) is 0 Å². The first kappa shape index (κ1) is 59.2. The van der Waals surface area contributed by atoms with E-state index in [1.54, 1.807) is 55.8 Å². The monoisotopic (exact) mass is 1050 g/mol. The van der Waals surface area contributed by atoms with Crippen LogP contribution < -0.4 is 37.6 Å². The van der Waals surface area contributed by atoms with Gasteiger partial charge in [0.2, 0.25) is 47.3 Å². The number of carbonyl (C=O) groups is 11. The van der Waals surface area contributed by atoms with Crippen molar-refractivity contribution in [2.75, 3.05) is 32.8 Å². The van der Waals surface area contributed by atoms with Crippen molar-refractivity contribution in [3.63, 3.8) is 0 Å². The molecule has 1 aliphatic heterocycles. The van der Waals surface area contributed by atoms with Crippen LogP contribution in [0, 0.1) is 17.0 Å². The molecule has 0 radical (unpaired) electrons. The van der Waals surface area contributed by atoms with Gasteiger partial charge in [0.15, 0.2) is 0 Å². The summed E-state index contributed by atoms with van der Waals surface area (Å²) < 4.78 is 31.7. The Balaban J connectivity index is 1.66.